The van der Waals surface area contributed by atoms with Crippen molar-refractivity contribution < 1.29 is 4.74 Å². The van der Waals surface area contributed by atoms with Crippen LogP contribution >= 0.6 is 27.7 Å². The minimum atomic E-state index is 0.597. The molecular formula is C14H25BrOS. The fraction of sp³-hybridized carbons (Fsp3) is 1.00. The summed E-state index contributed by atoms with van der Waals surface area (Å²) in [6.07, 6.45) is 11.2. The van der Waals surface area contributed by atoms with Crippen LogP contribution < -0.4 is 0 Å². The van der Waals surface area contributed by atoms with Crippen molar-refractivity contribution >= 4 is 27.7 Å². The number of rotatable bonds is 4. The zero-order valence-corrected chi connectivity index (χ0v) is 13.2. The van der Waals surface area contributed by atoms with Crippen molar-refractivity contribution in [1.82, 2.24) is 0 Å². The van der Waals surface area contributed by atoms with Gasteiger partial charge in [0, 0.05) is 29.5 Å². The monoisotopic (exact) mass is 320 g/mol. The zero-order valence-electron chi connectivity index (χ0n) is 10.8. The molecule has 0 aromatic rings. The SMILES string of the molecule is BrCC1(CSC2CCOCC2)CCCCCC1. The van der Waals surface area contributed by atoms with E-state index < -0.39 is 0 Å². The number of alkyl halides is 1. The number of ether oxygens (including phenoxy) is 1. The lowest BCUT2D eigenvalue weighted by Crippen LogP contribution is -2.27. The Morgan fingerprint density at radius 1 is 1.06 bits per heavy atom. The number of halogens is 1. The summed E-state index contributed by atoms with van der Waals surface area (Å²) in [7, 11) is 0. The second-order valence-electron chi connectivity index (χ2n) is 5.67. The highest BCUT2D eigenvalue weighted by atomic mass is 79.9. The Balaban J connectivity index is 1.80. The highest BCUT2D eigenvalue weighted by Crippen LogP contribution is 2.41. The van der Waals surface area contributed by atoms with E-state index in [1.165, 1.54) is 62.4 Å². The molecule has 100 valence electrons. The molecule has 0 bridgehead atoms. The largest absolute Gasteiger partial charge is 0.381 e. The Morgan fingerprint density at radius 3 is 2.29 bits per heavy atom. The van der Waals surface area contributed by atoms with E-state index in [0.717, 1.165) is 18.5 Å². The van der Waals surface area contributed by atoms with Gasteiger partial charge >= 0.3 is 0 Å². The second kappa shape index (κ2) is 7.40. The number of hydrogen-bond donors (Lipinski definition) is 0. The molecular weight excluding hydrogens is 296 g/mol. The first-order valence-electron chi connectivity index (χ1n) is 7.10. The minimum Gasteiger partial charge on any atom is -0.381 e. The van der Waals surface area contributed by atoms with Gasteiger partial charge in [-0.2, -0.15) is 11.8 Å². The Hall–Kier alpha value is 0.790. The third-order valence-corrected chi connectivity index (χ3v) is 7.15. The van der Waals surface area contributed by atoms with Crippen molar-refractivity contribution in [2.45, 2.75) is 56.6 Å². The summed E-state index contributed by atoms with van der Waals surface area (Å²) in [6, 6.07) is 0. The topological polar surface area (TPSA) is 9.23 Å². The quantitative estimate of drug-likeness (QED) is 0.551. The van der Waals surface area contributed by atoms with E-state index in [1.807, 2.05) is 0 Å². The summed E-state index contributed by atoms with van der Waals surface area (Å²) in [5.41, 5.74) is 0.597. The molecule has 3 heteroatoms. The van der Waals surface area contributed by atoms with Crippen molar-refractivity contribution in [3.05, 3.63) is 0 Å². The number of hydrogen-bond acceptors (Lipinski definition) is 2. The van der Waals surface area contributed by atoms with Crippen LogP contribution in [0, 0.1) is 5.41 Å². The molecule has 0 amide bonds. The first kappa shape index (κ1) is 14.2. The van der Waals surface area contributed by atoms with Gasteiger partial charge in [-0.3, -0.25) is 0 Å². The molecule has 0 spiro atoms. The van der Waals surface area contributed by atoms with E-state index in [0.29, 0.717) is 5.41 Å². The summed E-state index contributed by atoms with van der Waals surface area (Å²) >= 11 is 6.02. The lowest BCUT2D eigenvalue weighted by atomic mass is 9.85. The number of thioether (sulfide) groups is 1. The average molecular weight is 321 g/mol. The van der Waals surface area contributed by atoms with Gasteiger partial charge in [0.25, 0.3) is 0 Å². The van der Waals surface area contributed by atoms with E-state index in [-0.39, 0.29) is 0 Å². The Kier molecular flexibility index (Phi) is 6.18. The van der Waals surface area contributed by atoms with Crippen LogP contribution in [0.1, 0.15) is 51.4 Å². The molecule has 1 nitrogen and oxygen atoms in total. The van der Waals surface area contributed by atoms with Crippen molar-refractivity contribution in [1.29, 1.82) is 0 Å². The molecule has 1 aliphatic heterocycles. The van der Waals surface area contributed by atoms with E-state index in [1.54, 1.807) is 0 Å². The van der Waals surface area contributed by atoms with Gasteiger partial charge in [0.15, 0.2) is 0 Å². The van der Waals surface area contributed by atoms with Gasteiger partial charge < -0.3 is 4.74 Å². The maximum absolute atomic E-state index is 5.44. The zero-order chi connectivity index (χ0) is 12.0. The third kappa shape index (κ3) is 4.43. The van der Waals surface area contributed by atoms with Crippen LogP contribution in [0.5, 0.6) is 0 Å². The standard InChI is InChI=1S/C14H25BrOS/c15-11-14(7-3-1-2-4-8-14)12-17-13-5-9-16-10-6-13/h13H,1-12H2. The fourth-order valence-corrected chi connectivity index (χ4v) is 5.46. The Bertz CT molecular complexity index is 208. The Labute approximate surface area is 119 Å². The summed E-state index contributed by atoms with van der Waals surface area (Å²) in [5.74, 6) is 1.36. The smallest absolute Gasteiger partial charge is 0.0476 e. The first-order valence-corrected chi connectivity index (χ1v) is 9.27. The maximum Gasteiger partial charge on any atom is 0.0476 e. The van der Waals surface area contributed by atoms with Crippen LogP contribution in [0.2, 0.25) is 0 Å². The van der Waals surface area contributed by atoms with Crippen LogP contribution in [-0.4, -0.2) is 29.5 Å². The molecule has 2 rings (SSSR count). The van der Waals surface area contributed by atoms with Gasteiger partial charge in [0.1, 0.15) is 0 Å². The fourth-order valence-electron chi connectivity index (χ4n) is 2.93. The molecule has 0 atom stereocenters. The van der Waals surface area contributed by atoms with Crippen molar-refractivity contribution in [2.24, 2.45) is 5.41 Å². The summed E-state index contributed by atoms with van der Waals surface area (Å²) in [6.45, 7) is 1.97. The van der Waals surface area contributed by atoms with Gasteiger partial charge in [-0.15, -0.1) is 0 Å². The van der Waals surface area contributed by atoms with Crippen molar-refractivity contribution in [3.63, 3.8) is 0 Å². The molecule has 2 aliphatic rings. The molecule has 0 radical (unpaired) electrons. The lowest BCUT2D eigenvalue weighted by molar-refractivity contribution is 0.0999. The molecule has 1 saturated carbocycles. The van der Waals surface area contributed by atoms with Gasteiger partial charge in [-0.25, -0.2) is 0 Å². The van der Waals surface area contributed by atoms with Gasteiger partial charge in [0.05, 0.1) is 0 Å². The summed E-state index contributed by atoms with van der Waals surface area (Å²) < 4.78 is 5.44. The first-order chi connectivity index (χ1) is 8.35. The van der Waals surface area contributed by atoms with Gasteiger partial charge in [-0.05, 0) is 31.1 Å². The van der Waals surface area contributed by atoms with Crippen LogP contribution in [0.3, 0.4) is 0 Å². The van der Waals surface area contributed by atoms with Crippen molar-refractivity contribution in [3.8, 4) is 0 Å². The highest BCUT2D eigenvalue weighted by Gasteiger charge is 2.31. The molecule has 0 unspecified atom stereocenters. The van der Waals surface area contributed by atoms with Crippen LogP contribution in [-0.2, 0) is 4.74 Å². The highest BCUT2D eigenvalue weighted by molar-refractivity contribution is 9.09. The van der Waals surface area contributed by atoms with E-state index in [9.17, 15) is 0 Å². The molecule has 17 heavy (non-hydrogen) atoms. The van der Waals surface area contributed by atoms with Gasteiger partial charge in [0.2, 0.25) is 0 Å². The van der Waals surface area contributed by atoms with E-state index >= 15 is 0 Å². The molecule has 2 fully saturated rings. The Morgan fingerprint density at radius 2 is 1.71 bits per heavy atom. The molecule has 0 aromatic carbocycles. The van der Waals surface area contributed by atoms with E-state index in [4.69, 9.17) is 4.74 Å². The van der Waals surface area contributed by atoms with Crippen LogP contribution in [0.4, 0.5) is 0 Å². The van der Waals surface area contributed by atoms with Gasteiger partial charge in [-0.1, -0.05) is 41.6 Å². The molecule has 0 aromatic heterocycles. The maximum atomic E-state index is 5.44. The van der Waals surface area contributed by atoms with Crippen molar-refractivity contribution in [2.75, 3.05) is 24.3 Å². The van der Waals surface area contributed by atoms with Crippen LogP contribution in [0.15, 0.2) is 0 Å². The third-order valence-electron chi connectivity index (χ3n) is 4.24. The predicted octanol–water partition coefficient (Wildman–Crippen LogP) is 4.63. The predicted molar refractivity (Wildman–Crippen MR) is 80.2 cm³/mol. The normalized spacial score (nSPS) is 26.6. The second-order valence-corrected chi connectivity index (χ2v) is 7.52. The van der Waals surface area contributed by atoms with E-state index in [2.05, 4.69) is 27.7 Å². The average Bonchev–Trinajstić information content (AvgIpc) is 2.64. The molecule has 1 heterocycles. The molecule has 1 saturated heterocycles. The molecule has 0 N–H and O–H groups in total. The summed E-state index contributed by atoms with van der Waals surface area (Å²) in [4.78, 5) is 0. The van der Waals surface area contributed by atoms with Crippen LogP contribution in [0.25, 0.3) is 0 Å². The lowest BCUT2D eigenvalue weighted by Gasteiger charge is -2.33. The summed E-state index contributed by atoms with van der Waals surface area (Å²) in [5, 5.41) is 2.07. The molecule has 1 aliphatic carbocycles. The minimum absolute atomic E-state index is 0.597.